The largest absolute Gasteiger partial charge is 0.453 e. The Hall–Kier alpha value is -4.38. The van der Waals surface area contributed by atoms with Gasteiger partial charge in [0.2, 0.25) is 0 Å². The molecule has 2 aromatic carbocycles. The van der Waals surface area contributed by atoms with Crippen LogP contribution in [0.4, 0.5) is 8.78 Å². The van der Waals surface area contributed by atoms with Gasteiger partial charge in [0.05, 0.1) is 22.8 Å². The van der Waals surface area contributed by atoms with E-state index in [-0.39, 0.29) is 33.6 Å². The van der Waals surface area contributed by atoms with Crippen molar-refractivity contribution in [3.63, 3.8) is 0 Å². The van der Waals surface area contributed by atoms with Crippen LogP contribution in [0.2, 0.25) is 0 Å². The highest BCUT2D eigenvalue weighted by molar-refractivity contribution is 7.90. The zero-order valence-corrected chi connectivity index (χ0v) is 19.5. The van der Waals surface area contributed by atoms with Crippen LogP contribution in [0.3, 0.4) is 0 Å². The van der Waals surface area contributed by atoms with Gasteiger partial charge in [-0.1, -0.05) is 18.2 Å². The van der Waals surface area contributed by atoms with Crippen LogP contribution in [-0.4, -0.2) is 34.6 Å². The topological polar surface area (TPSA) is 107 Å². The number of para-hydroxylation sites is 1. The third-order valence-electron chi connectivity index (χ3n) is 5.15. The third-order valence-corrected chi connectivity index (χ3v) is 6.15. The number of fused-ring (bicyclic) bond motifs is 1. The molecule has 8 nitrogen and oxygen atoms in total. The van der Waals surface area contributed by atoms with Crippen LogP contribution in [0.25, 0.3) is 22.6 Å². The summed E-state index contributed by atoms with van der Waals surface area (Å²) in [5.41, 5.74) is 1.42. The zero-order chi connectivity index (χ0) is 25.3. The summed E-state index contributed by atoms with van der Waals surface area (Å²) < 4.78 is 62.4. The maximum absolute atomic E-state index is 13.6. The standard InChI is InChI=1S/C25H18F2N4O4S/c1-36(32,33)23-10-9-15(14-29-23)34-21-12-18-19(31-25(30-18)17-7-4-5-11-28-17)13-22(21)35-20-8-3-2-6-16(20)24(26)27/h2-14,24H,1H3,(H,30,31). The molecular formula is C25H18F2N4O4S. The molecule has 1 N–H and O–H groups in total. The molecule has 0 aliphatic rings. The van der Waals surface area contributed by atoms with Gasteiger partial charge in [-0.25, -0.2) is 27.2 Å². The van der Waals surface area contributed by atoms with Crippen molar-refractivity contribution in [2.24, 2.45) is 0 Å². The fraction of sp³-hybridized carbons (Fsp3) is 0.0800. The lowest BCUT2D eigenvalue weighted by molar-refractivity contribution is 0.148. The molecule has 0 saturated heterocycles. The van der Waals surface area contributed by atoms with Crippen LogP contribution in [-0.2, 0) is 9.84 Å². The Balaban J connectivity index is 1.59. The van der Waals surface area contributed by atoms with Crippen molar-refractivity contribution in [2.45, 2.75) is 11.5 Å². The number of sulfone groups is 1. The van der Waals surface area contributed by atoms with Crippen LogP contribution in [0.15, 0.2) is 84.1 Å². The molecule has 0 spiro atoms. The predicted octanol–water partition coefficient (Wildman–Crippen LogP) is 5.95. The minimum Gasteiger partial charge on any atom is -0.453 e. The van der Waals surface area contributed by atoms with E-state index in [4.69, 9.17) is 9.47 Å². The molecule has 0 amide bonds. The number of benzene rings is 2. The number of nitrogens with zero attached hydrogens (tertiary/aromatic N) is 3. The van der Waals surface area contributed by atoms with Gasteiger partial charge in [-0.2, -0.15) is 0 Å². The van der Waals surface area contributed by atoms with E-state index < -0.39 is 16.3 Å². The maximum atomic E-state index is 13.6. The highest BCUT2D eigenvalue weighted by Gasteiger charge is 2.19. The molecule has 11 heteroatoms. The van der Waals surface area contributed by atoms with E-state index in [1.807, 2.05) is 6.07 Å². The van der Waals surface area contributed by atoms with Crippen molar-refractivity contribution in [1.29, 1.82) is 0 Å². The quantitative estimate of drug-likeness (QED) is 0.290. The van der Waals surface area contributed by atoms with Crippen molar-refractivity contribution >= 4 is 20.9 Å². The van der Waals surface area contributed by atoms with Gasteiger partial charge < -0.3 is 14.5 Å². The Labute approximate surface area is 204 Å². The van der Waals surface area contributed by atoms with E-state index in [9.17, 15) is 17.2 Å². The van der Waals surface area contributed by atoms with Crippen LogP contribution in [0, 0.1) is 0 Å². The smallest absolute Gasteiger partial charge is 0.267 e. The van der Waals surface area contributed by atoms with Gasteiger partial charge in [-0.3, -0.25) is 4.98 Å². The average Bonchev–Trinajstić information content (AvgIpc) is 3.27. The summed E-state index contributed by atoms with van der Waals surface area (Å²) in [4.78, 5) is 15.9. The number of nitrogens with one attached hydrogen (secondary N) is 1. The average molecular weight is 509 g/mol. The van der Waals surface area contributed by atoms with Crippen LogP contribution >= 0.6 is 0 Å². The van der Waals surface area contributed by atoms with Crippen molar-refractivity contribution < 1.29 is 26.7 Å². The van der Waals surface area contributed by atoms with Gasteiger partial charge >= 0.3 is 0 Å². The Kier molecular flexibility index (Phi) is 6.06. The molecule has 5 aromatic rings. The Morgan fingerprint density at radius 2 is 1.67 bits per heavy atom. The van der Waals surface area contributed by atoms with Gasteiger partial charge in [-0.05, 0) is 36.4 Å². The van der Waals surface area contributed by atoms with E-state index in [0.717, 1.165) is 6.26 Å². The molecular weight excluding hydrogens is 490 g/mol. The molecule has 0 fully saturated rings. The first kappa shape index (κ1) is 23.4. The number of hydrogen-bond acceptors (Lipinski definition) is 7. The molecule has 0 aliphatic heterocycles. The molecule has 5 rings (SSSR count). The summed E-state index contributed by atoms with van der Waals surface area (Å²) >= 11 is 0. The normalized spacial score (nSPS) is 11.7. The summed E-state index contributed by atoms with van der Waals surface area (Å²) in [5, 5.41) is -0.110. The monoisotopic (exact) mass is 508 g/mol. The molecule has 0 bridgehead atoms. The number of pyridine rings is 2. The summed E-state index contributed by atoms with van der Waals surface area (Å²) in [5.74, 6) is 0.986. The summed E-state index contributed by atoms with van der Waals surface area (Å²) in [6, 6.07) is 17.1. The number of imidazole rings is 1. The maximum Gasteiger partial charge on any atom is 0.267 e. The number of H-pyrrole nitrogens is 1. The zero-order valence-electron chi connectivity index (χ0n) is 18.7. The van der Waals surface area contributed by atoms with E-state index in [2.05, 4.69) is 19.9 Å². The molecule has 36 heavy (non-hydrogen) atoms. The highest BCUT2D eigenvalue weighted by Crippen LogP contribution is 2.40. The molecule has 3 heterocycles. The van der Waals surface area contributed by atoms with Gasteiger partial charge in [0, 0.05) is 24.6 Å². The number of aromatic amines is 1. The minimum absolute atomic E-state index is 0.0391. The lowest BCUT2D eigenvalue weighted by Crippen LogP contribution is -2.00. The SMILES string of the molecule is CS(=O)(=O)c1ccc(Oc2cc3[nH]c(-c4ccccn4)nc3cc2Oc2ccccc2C(F)F)cn1. The molecule has 0 saturated carbocycles. The summed E-state index contributed by atoms with van der Waals surface area (Å²) in [6.07, 6.45) is 1.19. The molecule has 0 aliphatic carbocycles. The minimum atomic E-state index is -3.49. The first-order valence-electron chi connectivity index (χ1n) is 10.6. The van der Waals surface area contributed by atoms with Crippen LogP contribution < -0.4 is 9.47 Å². The number of ether oxygens (including phenoxy) is 2. The highest BCUT2D eigenvalue weighted by atomic mass is 32.2. The lowest BCUT2D eigenvalue weighted by Gasteiger charge is -2.14. The molecule has 3 aromatic heterocycles. The second-order valence-electron chi connectivity index (χ2n) is 7.76. The lowest BCUT2D eigenvalue weighted by atomic mass is 10.2. The number of halogens is 2. The fourth-order valence-electron chi connectivity index (χ4n) is 3.45. The molecule has 0 radical (unpaired) electrons. The second-order valence-corrected chi connectivity index (χ2v) is 9.73. The number of aromatic nitrogens is 4. The van der Waals surface area contributed by atoms with Crippen molar-refractivity contribution in [1.82, 2.24) is 19.9 Å². The van der Waals surface area contributed by atoms with Crippen LogP contribution in [0.1, 0.15) is 12.0 Å². The van der Waals surface area contributed by atoms with Gasteiger partial charge in [-0.15, -0.1) is 0 Å². The van der Waals surface area contributed by atoms with Gasteiger partial charge in [0.1, 0.15) is 17.2 Å². The molecule has 0 atom stereocenters. The number of rotatable bonds is 7. The van der Waals surface area contributed by atoms with Crippen molar-refractivity contribution in [3.8, 4) is 34.5 Å². The van der Waals surface area contributed by atoms with E-state index >= 15 is 0 Å². The van der Waals surface area contributed by atoms with Crippen molar-refractivity contribution in [3.05, 3.63) is 84.7 Å². The first-order valence-corrected chi connectivity index (χ1v) is 12.5. The fourth-order valence-corrected chi connectivity index (χ4v) is 4.01. The Morgan fingerprint density at radius 1 is 0.889 bits per heavy atom. The summed E-state index contributed by atoms with van der Waals surface area (Å²) in [6.45, 7) is 0. The van der Waals surface area contributed by atoms with Gasteiger partial charge in [0.15, 0.2) is 32.2 Å². The van der Waals surface area contributed by atoms with Gasteiger partial charge in [0.25, 0.3) is 6.43 Å². The van der Waals surface area contributed by atoms with E-state index in [1.165, 1.54) is 36.5 Å². The Morgan fingerprint density at radius 3 is 2.36 bits per heavy atom. The van der Waals surface area contributed by atoms with Crippen LogP contribution in [0.5, 0.6) is 23.0 Å². The first-order chi connectivity index (χ1) is 17.3. The summed E-state index contributed by atoms with van der Waals surface area (Å²) in [7, 11) is -3.49. The number of hydrogen-bond donors (Lipinski definition) is 1. The Bertz CT molecular complexity index is 1640. The van der Waals surface area contributed by atoms with E-state index in [0.29, 0.717) is 22.6 Å². The van der Waals surface area contributed by atoms with E-state index in [1.54, 1.807) is 36.5 Å². The predicted molar refractivity (Wildman–Crippen MR) is 128 cm³/mol. The number of alkyl halides is 2. The second kappa shape index (κ2) is 9.34. The molecule has 182 valence electrons. The third kappa shape index (κ3) is 4.86. The molecule has 0 unspecified atom stereocenters. The van der Waals surface area contributed by atoms with Crippen molar-refractivity contribution in [2.75, 3.05) is 6.26 Å².